The van der Waals surface area contributed by atoms with Gasteiger partial charge in [-0.25, -0.2) is 4.98 Å². The SMILES string of the molecule is O=C(c1cnn(Cc2ccccc2)c1)N1CCCN(c2ccc(C(F)(F)F)cn2)CC1. The summed E-state index contributed by atoms with van der Waals surface area (Å²) in [6.45, 7) is 2.74. The van der Waals surface area contributed by atoms with E-state index < -0.39 is 11.7 Å². The van der Waals surface area contributed by atoms with E-state index in [0.29, 0.717) is 50.5 Å². The fourth-order valence-electron chi connectivity index (χ4n) is 3.60. The molecule has 0 bridgehead atoms. The number of hydrogen-bond donors (Lipinski definition) is 0. The molecule has 2 aromatic heterocycles. The molecule has 1 saturated heterocycles. The number of carbonyl (C=O) groups excluding carboxylic acids is 1. The van der Waals surface area contributed by atoms with Gasteiger partial charge in [-0.15, -0.1) is 0 Å². The molecule has 6 nitrogen and oxygen atoms in total. The Hall–Kier alpha value is -3.36. The lowest BCUT2D eigenvalue weighted by Crippen LogP contribution is -2.35. The standard InChI is InChI=1S/C22H22F3N5O/c23-22(24,25)19-7-8-20(26-14-19)28-9-4-10-29(12-11-28)21(31)18-13-27-30(16-18)15-17-5-2-1-3-6-17/h1-3,5-8,13-14,16H,4,9-12,15H2. The Balaban J connectivity index is 1.38. The van der Waals surface area contributed by atoms with Gasteiger partial charge in [0.25, 0.3) is 5.91 Å². The van der Waals surface area contributed by atoms with Crippen molar-refractivity contribution in [3.05, 3.63) is 77.7 Å². The molecule has 0 unspecified atom stereocenters. The zero-order valence-electron chi connectivity index (χ0n) is 16.8. The molecule has 4 rings (SSSR count). The van der Waals surface area contributed by atoms with Gasteiger partial charge in [0, 0.05) is 38.6 Å². The molecule has 9 heteroatoms. The maximum absolute atomic E-state index is 12.9. The van der Waals surface area contributed by atoms with Gasteiger partial charge >= 0.3 is 6.18 Å². The molecule has 0 aliphatic carbocycles. The van der Waals surface area contributed by atoms with Gasteiger partial charge in [0.05, 0.1) is 23.9 Å². The van der Waals surface area contributed by atoms with Gasteiger partial charge in [0.15, 0.2) is 0 Å². The van der Waals surface area contributed by atoms with Crippen LogP contribution in [0.25, 0.3) is 0 Å². The zero-order valence-corrected chi connectivity index (χ0v) is 16.8. The number of alkyl halides is 3. The highest BCUT2D eigenvalue weighted by Gasteiger charge is 2.31. The van der Waals surface area contributed by atoms with Gasteiger partial charge in [-0.1, -0.05) is 30.3 Å². The van der Waals surface area contributed by atoms with Crippen molar-refractivity contribution in [1.82, 2.24) is 19.7 Å². The minimum atomic E-state index is -4.40. The first kappa shape index (κ1) is 20.9. The van der Waals surface area contributed by atoms with Crippen molar-refractivity contribution >= 4 is 11.7 Å². The summed E-state index contributed by atoms with van der Waals surface area (Å²) in [5.41, 5.74) is 0.853. The van der Waals surface area contributed by atoms with Gasteiger partial charge in [-0.2, -0.15) is 18.3 Å². The molecule has 1 aromatic carbocycles. The van der Waals surface area contributed by atoms with Crippen LogP contribution < -0.4 is 4.90 Å². The van der Waals surface area contributed by atoms with E-state index in [2.05, 4.69) is 10.1 Å². The first-order valence-corrected chi connectivity index (χ1v) is 10.0. The number of halogens is 3. The molecule has 1 amide bonds. The highest BCUT2D eigenvalue weighted by Crippen LogP contribution is 2.29. The van der Waals surface area contributed by atoms with Crippen molar-refractivity contribution in [3.63, 3.8) is 0 Å². The third kappa shape index (κ3) is 5.04. The highest BCUT2D eigenvalue weighted by atomic mass is 19.4. The van der Waals surface area contributed by atoms with Crippen LogP contribution in [0.15, 0.2) is 61.1 Å². The maximum atomic E-state index is 12.9. The van der Waals surface area contributed by atoms with Gasteiger partial charge in [0.1, 0.15) is 5.82 Å². The lowest BCUT2D eigenvalue weighted by Gasteiger charge is -2.23. The second kappa shape index (κ2) is 8.79. The van der Waals surface area contributed by atoms with Crippen LogP contribution in [0.2, 0.25) is 0 Å². The van der Waals surface area contributed by atoms with E-state index in [1.807, 2.05) is 35.2 Å². The molecule has 0 atom stereocenters. The number of rotatable bonds is 4. The second-order valence-corrected chi connectivity index (χ2v) is 7.45. The fourth-order valence-corrected chi connectivity index (χ4v) is 3.60. The summed E-state index contributed by atoms with van der Waals surface area (Å²) >= 11 is 0. The van der Waals surface area contributed by atoms with E-state index >= 15 is 0 Å². The monoisotopic (exact) mass is 429 g/mol. The summed E-state index contributed by atoms with van der Waals surface area (Å²) < 4.78 is 40.0. The molecule has 0 radical (unpaired) electrons. The van der Waals surface area contributed by atoms with Crippen LogP contribution in [-0.4, -0.2) is 51.8 Å². The number of benzene rings is 1. The Morgan fingerprint density at radius 1 is 0.968 bits per heavy atom. The van der Waals surface area contributed by atoms with Crippen LogP contribution in [-0.2, 0) is 12.7 Å². The molecule has 0 spiro atoms. The van der Waals surface area contributed by atoms with E-state index in [4.69, 9.17) is 0 Å². The number of aromatic nitrogens is 3. The number of anilines is 1. The van der Waals surface area contributed by atoms with Crippen molar-refractivity contribution in [2.75, 3.05) is 31.1 Å². The minimum absolute atomic E-state index is 0.0958. The molecule has 1 aliphatic heterocycles. The van der Waals surface area contributed by atoms with Crippen LogP contribution in [0.5, 0.6) is 0 Å². The Morgan fingerprint density at radius 3 is 2.48 bits per heavy atom. The topological polar surface area (TPSA) is 54.3 Å². The largest absolute Gasteiger partial charge is 0.417 e. The Bertz CT molecular complexity index is 1020. The number of hydrogen-bond acceptors (Lipinski definition) is 4. The van der Waals surface area contributed by atoms with Crippen LogP contribution in [0, 0.1) is 0 Å². The van der Waals surface area contributed by atoms with Crippen molar-refractivity contribution in [2.24, 2.45) is 0 Å². The quantitative estimate of drug-likeness (QED) is 0.635. The van der Waals surface area contributed by atoms with Crippen molar-refractivity contribution in [2.45, 2.75) is 19.1 Å². The average molecular weight is 429 g/mol. The van der Waals surface area contributed by atoms with Gasteiger partial charge < -0.3 is 9.80 Å². The molecule has 1 fully saturated rings. The fraction of sp³-hybridized carbons (Fsp3) is 0.318. The smallest absolute Gasteiger partial charge is 0.355 e. The molecule has 1 aliphatic rings. The molecule has 0 N–H and O–H groups in total. The number of amides is 1. The van der Waals surface area contributed by atoms with Crippen LogP contribution in [0.3, 0.4) is 0 Å². The summed E-state index contributed by atoms with van der Waals surface area (Å²) in [6.07, 6.45) is 0.468. The first-order chi connectivity index (χ1) is 14.9. The lowest BCUT2D eigenvalue weighted by molar-refractivity contribution is -0.137. The summed E-state index contributed by atoms with van der Waals surface area (Å²) in [7, 11) is 0. The van der Waals surface area contributed by atoms with E-state index in [0.717, 1.165) is 17.8 Å². The summed E-state index contributed by atoms with van der Waals surface area (Å²) in [5, 5.41) is 4.30. The molecule has 0 saturated carbocycles. The van der Waals surface area contributed by atoms with E-state index in [1.165, 1.54) is 6.07 Å². The third-order valence-electron chi connectivity index (χ3n) is 5.25. The predicted molar refractivity (Wildman–Crippen MR) is 110 cm³/mol. The maximum Gasteiger partial charge on any atom is 0.417 e. The van der Waals surface area contributed by atoms with Crippen LogP contribution in [0.4, 0.5) is 19.0 Å². The number of pyridine rings is 1. The Labute approximate surface area is 177 Å². The first-order valence-electron chi connectivity index (χ1n) is 10.0. The van der Waals surface area contributed by atoms with E-state index in [1.54, 1.807) is 22.0 Å². The third-order valence-corrected chi connectivity index (χ3v) is 5.25. The van der Waals surface area contributed by atoms with Crippen molar-refractivity contribution < 1.29 is 18.0 Å². The zero-order chi connectivity index (χ0) is 21.8. The summed E-state index contributed by atoms with van der Waals surface area (Å²) in [6, 6.07) is 12.3. The van der Waals surface area contributed by atoms with Gasteiger partial charge in [-0.05, 0) is 24.1 Å². The Kier molecular flexibility index (Phi) is 5.92. The summed E-state index contributed by atoms with van der Waals surface area (Å²) in [5.74, 6) is 0.388. The summed E-state index contributed by atoms with van der Waals surface area (Å²) in [4.78, 5) is 20.6. The molecule has 3 aromatic rings. The molecular formula is C22H22F3N5O. The molecule has 162 valence electrons. The van der Waals surface area contributed by atoms with Crippen LogP contribution in [0.1, 0.15) is 27.9 Å². The Morgan fingerprint density at radius 2 is 1.77 bits per heavy atom. The lowest BCUT2D eigenvalue weighted by atomic mass is 10.2. The molecule has 3 heterocycles. The van der Waals surface area contributed by atoms with Crippen LogP contribution >= 0.6 is 0 Å². The van der Waals surface area contributed by atoms with E-state index in [9.17, 15) is 18.0 Å². The number of nitrogens with zero attached hydrogens (tertiary/aromatic N) is 5. The second-order valence-electron chi connectivity index (χ2n) is 7.45. The average Bonchev–Trinajstić information content (AvgIpc) is 3.08. The van der Waals surface area contributed by atoms with Gasteiger partial charge in [-0.3, -0.25) is 9.48 Å². The number of carbonyl (C=O) groups is 1. The minimum Gasteiger partial charge on any atom is -0.355 e. The van der Waals surface area contributed by atoms with Gasteiger partial charge in [0.2, 0.25) is 0 Å². The predicted octanol–water partition coefficient (Wildman–Crippen LogP) is 3.70. The van der Waals surface area contributed by atoms with Crippen molar-refractivity contribution in [3.8, 4) is 0 Å². The highest BCUT2D eigenvalue weighted by molar-refractivity contribution is 5.93. The molecule has 31 heavy (non-hydrogen) atoms. The molecular weight excluding hydrogens is 407 g/mol. The van der Waals surface area contributed by atoms with E-state index in [-0.39, 0.29) is 5.91 Å². The van der Waals surface area contributed by atoms with Crippen molar-refractivity contribution in [1.29, 1.82) is 0 Å². The normalized spacial score (nSPS) is 15.1.